The standard InChI is InChI=1S/C19H24N4O2S/c1-11(6-7-16-12(2)20-10-26-16)21-15-8-9-23-17-13(18(15)24)4-3-5-14(17)22-19(23)25/h3-5,10-11,15,18,21,24H,6-9H2,1-2H3,(H,22,25). The van der Waals surface area contributed by atoms with Crippen molar-refractivity contribution in [3.63, 3.8) is 0 Å². The van der Waals surface area contributed by atoms with Gasteiger partial charge in [-0.3, -0.25) is 4.57 Å². The zero-order chi connectivity index (χ0) is 18.3. The summed E-state index contributed by atoms with van der Waals surface area (Å²) in [6, 6.07) is 5.89. The van der Waals surface area contributed by atoms with Crippen LogP contribution in [0.15, 0.2) is 28.5 Å². The van der Waals surface area contributed by atoms with Gasteiger partial charge in [-0.05, 0) is 39.2 Å². The predicted molar refractivity (Wildman–Crippen MR) is 104 cm³/mol. The molecular weight excluding hydrogens is 348 g/mol. The van der Waals surface area contributed by atoms with Gasteiger partial charge in [-0.25, -0.2) is 9.78 Å². The van der Waals surface area contributed by atoms with Crippen molar-refractivity contribution in [2.45, 2.75) is 57.8 Å². The molecule has 1 aromatic carbocycles. The lowest BCUT2D eigenvalue weighted by Gasteiger charge is -2.26. The minimum absolute atomic E-state index is 0.0718. The molecule has 0 amide bonds. The topological polar surface area (TPSA) is 82.9 Å². The van der Waals surface area contributed by atoms with Gasteiger partial charge in [0.2, 0.25) is 0 Å². The third kappa shape index (κ3) is 3.11. The van der Waals surface area contributed by atoms with Gasteiger partial charge in [-0.2, -0.15) is 0 Å². The number of aliphatic hydroxyl groups excluding tert-OH is 1. The Balaban J connectivity index is 1.50. The second kappa shape index (κ2) is 6.98. The van der Waals surface area contributed by atoms with Gasteiger partial charge in [0, 0.05) is 29.1 Å². The zero-order valence-corrected chi connectivity index (χ0v) is 15.8. The van der Waals surface area contributed by atoms with Crippen molar-refractivity contribution in [1.29, 1.82) is 0 Å². The molecular formula is C19H24N4O2S. The first-order valence-electron chi connectivity index (χ1n) is 9.09. The van der Waals surface area contributed by atoms with Gasteiger partial charge in [-0.15, -0.1) is 11.3 Å². The van der Waals surface area contributed by atoms with Crippen LogP contribution in [0.4, 0.5) is 0 Å². The molecule has 3 heterocycles. The van der Waals surface area contributed by atoms with Crippen molar-refractivity contribution in [2.24, 2.45) is 0 Å². The highest BCUT2D eigenvalue weighted by Crippen LogP contribution is 2.30. The van der Waals surface area contributed by atoms with E-state index in [4.69, 9.17) is 0 Å². The largest absolute Gasteiger partial charge is 0.387 e. The van der Waals surface area contributed by atoms with E-state index in [1.807, 2.05) is 30.6 Å². The van der Waals surface area contributed by atoms with E-state index in [0.717, 1.165) is 35.1 Å². The lowest BCUT2D eigenvalue weighted by atomic mass is 9.98. The Morgan fingerprint density at radius 1 is 1.50 bits per heavy atom. The monoisotopic (exact) mass is 372 g/mol. The van der Waals surface area contributed by atoms with Crippen molar-refractivity contribution >= 4 is 22.4 Å². The second-order valence-electron chi connectivity index (χ2n) is 7.13. The van der Waals surface area contributed by atoms with Crippen LogP contribution >= 0.6 is 11.3 Å². The molecule has 0 saturated heterocycles. The first kappa shape index (κ1) is 17.5. The number of aromatic nitrogens is 3. The fraction of sp³-hybridized carbons (Fsp3) is 0.474. The summed E-state index contributed by atoms with van der Waals surface area (Å²) in [5.74, 6) is 0. The Kier molecular flexibility index (Phi) is 4.69. The number of hydrogen-bond donors (Lipinski definition) is 3. The number of hydrogen-bond acceptors (Lipinski definition) is 5. The van der Waals surface area contributed by atoms with Crippen LogP contribution in [-0.2, 0) is 13.0 Å². The summed E-state index contributed by atoms with van der Waals surface area (Å²) >= 11 is 1.70. The van der Waals surface area contributed by atoms with E-state index >= 15 is 0 Å². The van der Waals surface area contributed by atoms with E-state index < -0.39 is 6.10 Å². The molecule has 0 saturated carbocycles. The number of para-hydroxylation sites is 1. The first-order valence-corrected chi connectivity index (χ1v) is 9.97. The first-order chi connectivity index (χ1) is 12.5. The van der Waals surface area contributed by atoms with Crippen LogP contribution < -0.4 is 11.0 Å². The van der Waals surface area contributed by atoms with Crippen LogP contribution in [-0.4, -0.2) is 31.7 Å². The lowest BCUT2D eigenvalue weighted by molar-refractivity contribution is 0.119. The van der Waals surface area contributed by atoms with E-state index in [0.29, 0.717) is 13.0 Å². The minimum Gasteiger partial charge on any atom is -0.387 e. The molecule has 138 valence electrons. The van der Waals surface area contributed by atoms with Gasteiger partial charge >= 0.3 is 5.69 Å². The van der Waals surface area contributed by atoms with Crippen molar-refractivity contribution < 1.29 is 5.11 Å². The highest BCUT2D eigenvalue weighted by molar-refractivity contribution is 7.09. The summed E-state index contributed by atoms with van der Waals surface area (Å²) in [7, 11) is 0. The SMILES string of the molecule is Cc1ncsc1CCC(C)NC1CCn2c(=O)[nH]c3cccc(c32)C1O. The molecule has 1 aliphatic rings. The molecule has 1 aliphatic heterocycles. The fourth-order valence-corrected chi connectivity index (χ4v) is 4.68. The molecule has 2 aromatic heterocycles. The van der Waals surface area contributed by atoms with E-state index in [1.54, 1.807) is 15.9 Å². The summed E-state index contributed by atoms with van der Waals surface area (Å²) in [4.78, 5) is 20.7. The molecule has 0 fully saturated rings. The van der Waals surface area contributed by atoms with Crippen molar-refractivity contribution in [3.8, 4) is 0 Å². The van der Waals surface area contributed by atoms with Gasteiger partial charge in [-0.1, -0.05) is 12.1 Å². The van der Waals surface area contributed by atoms with Gasteiger partial charge in [0.05, 0.1) is 28.3 Å². The summed E-state index contributed by atoms with van der Waals surface area (Å²) in [5, 5.41) is 14.6. The lowest BCUT2D eigenvalue weighted by Crippen LogP contribution is -2.41. The molecule has 6 nitrogen and oxygen atoms in total. The Morgan fingerprint density at radius 3 is 3.12 bits per heavy atom. The molecule has 3 N–H and O–H groups in total. The number of aliphatic hydroxyl groups is 1. The predicted octanol–water partition coefficient (Wildman–Crippen LogP) is 2.51. The Bertz CT molecular complexity index is 973. The number of aromatic amines is 1. The van der Waals surface area contributed by atoms with E-state index in [-0.39, 0.29) is 17.8 Å². The van der Waals surface area contributed by atoms with Gasteiger partial charge < -0.3 is 15.4 Å². The smallest absolute Gasteiger partial charge is 0.326 e. The molecule has 3 unspecified atom stereocenters. The summed E-state index contributed by atoms with van der Waals surface area (Å²) in [6.45, 7) is 4.80. The number of H-pyrrole nitrogens is 1. The maximum absolute atomic E-state index is 12.2. The number of imidazole rings is 1. The average molecular weight is 372 g/mol. The highest BCUT2D eigenvalue weighted by Gasteiger charge is 2.29. The summed E-state index contributed by atoms with van der Waals surface area (Å²) in [5.41, 5.74) is 5.35. The molecule has 0 radical (unpaired) electrons. The molecule has 0 spiro atoms. The summed E-state index contributed by atoms with van der Waals surface area (Å²) in [6.07, 6.45) is 2.06. The van der Waals surface area contributed by atoms with Crippen LogP contribution in [0, 0.1) is 6.92 Å². The van der Waals surface area contributed by atoms with Crippen molar-refractivity contribution in [2.75, 3.05) is 0 Å². The minimum atomic E-state index is -0.629. The fourth-order valence-electron chi connectivity index (χ4n) is 3.88. The average Bonchev–Trinajstić information content (AvgIpc) is 3.13. The van der Waals surface area contributed by atoms with Crippen LogP contribution in [0.1, 0.15) is 42.0 Å². The molecule has 0 aliphatic carbocycles. The quantitative estimate of drug-likeness (QED) is 0.643. The molecule has 26 heavy (non-hydrogen) atoms. The van der Waals surface area contributed by atoms with Crippen LogP contribution in [0.25, 0.3) is 11.0 Å². The molecule has 4 rings (SSSR count). The van der Waals surface area contributed by atoms with Crippen molar-refractivity contribution in [1.82, 2.24) is 19.9 Å². The van der Waals surface area contributed by atoms with Gasteiger partial charge in [0.15, 0.2) is 0 Å². The maximum Gasteiger partial charge on any atom is 0.326 e. The third-order valence-corrected chi connectivity index (χ3v) is 6.33. The summed E-state index contributed by atoms with van der Waals surface area (Å²) < 4.78 is 1.75. The van der Waals surface area contributed by atoms with E-state index in [2.05, 4.69) is 22.2 Å². The Labute approximate surface area is 155 Å². The van der Waals surface area contributed by atoms with Crippen molar-refractivity contribution in [3.05, 3.63) is 50.3 Å². The Morgan fingerprint density at radius 2 is 2.35 bits per heavy atom. The van der Waals surface area contributed by atoms with Crippen LogP contribution in [0.3, 0.4) is 0 Å². The normalized spacial score (nSPS) is 21.0. The number of rotatable bonds is 5. The van der Waals surface area contributed by atoms with Crippen LogP contribution in [0.2, 0.25) is 0 Å². The third-order valence-electron chi connectivity index (χ3n) is 5.34. The van der Waals surface area contributed by atoms with Gasteiger partial charge in [0.25, 0.3) is 0 Å². The molecule has 3 atom stereocenters. The number of nitrogens with one attached hydrogen (secondary N) is 2. The van der Waals surface area contributed by atoms with Crippen LogP contribution in [0.5, 0.6) is 0 Å². The number of aryl methyl sites for hydroxylation is 3. The van der Waals surface area contributed by atoms with E-state index in [1.165, 1.54) is 4.88 Å². The van der Waals surface area contributed by atoms with E-state index in [9.17, 15) is 9.90 Å². The zero-order valence-electron chi connectivity index (χ0n) is 15.0. The maximum atomic E-state index is 12.2. The second-order valence-corrected chi connectivity index (χ2v) is 8.07. The number of thiazole rings is 1. The number of nitrogens with zero attached hydrogens (tertiary/aromatic N) is 2. The molecule has 0 bridgehead atoms. The Hall–Kier alpha value is -1.96. The van der Waals surface area contributed by atoms with Gasteiger partial charge in [0.1, 0.15) is 0 Å². The highest BCUT2D eigenvalue weighted by atomic mass is 32.1. The molecule has 3 aromatic rings. The number of benzene rings is 1. The molecule has 7 heteroatoms.